The molecule has 0 aromatic heterocycles. The highest BCUT2D eigenvalue weighted by Crippen LogP contribution is 2.39. The lowest BCUT2D eigenvalue weighted by molar-refractivity contribution is 0.402. The molecule has 0 amide bonds. The van der Waals surface area contributed by atoms with Crippen LogP contribution in [0.3, 0.4) is 0 Å². The molecular formula is C22H30O2. The van der Waals surface area contributed by atoms with Crippen LogP contribution in [-0.4, -0.2) is 14.2 Å². The Hall–Kier alpha value is -1.96. The van der Waals surface area contributed by atoms with Gasteiger partial charge >= 0.3 is 0 Å². The normalized spacial score (nSPS) is 11.2. The molecule has 0 unspecified atom stereocenters. The van der Waals surface area contributed by atoms with Crippen molar-refractivity contribution in [3.05, 3.63) is 58.7 Å². The second-order valence-electron chi connectivity index (χ2n) is 6.51. The van der Waals surface area contributed by atoms with Crippen LogP contribution in [0.25, 0.3) is 0 Å². The third-order valence-electron chi connectivity index (χ3n) is 5.10. The number of hydrogen-bond acceptors (Lipinski definition) is 2. The summed E-state index contributed by atoms with van der Waals surface area (Å²) in [6, 6.07) is 13.2. The Balaban J connectivity index is 2.57. The first kappa shape index (κ1) is 18.4. The largest absolute Gasteiger partial charge is 0.496 e. The fraction of sp³-hybridized carbons (Fsp3) is 0.455. The summed E-state index contributed by atoms with van der Waals surface area (Å²) in [7, 11) is 3.49. The van der Waals surface area contributed by atoms with E-state index >= 15 is 0 Å². The van der Waals surface area contributed by atoms with Crippen LogP contribution in [0.4, 0.5) is 0 Å². The summed E-state index contributed by atoms with van der Waals surface area (Å²) in [5.41, 5.74) is 4.98. The Bertz CT molecular complexity index is 618. The van der Waals surface area contributed by atoms with E-state index in [1.54, 1.807) is 14.2 Å². The minimum Gasteiger partial charge on any atom is -0.496 e. The minimum atomic E-state index is 0.351. The molecular weight excluding hydrogens is 296 g/mol. The van der Waals surface area contributed by atoms with Crippen molar-refractivity contribution >= 4 is 0 Å². The predicted octanol–water partition coefficient (Wildman–Crippen LogP) is 5.89. The molecule has 0 atom stereocenters. The molecule has 0 bridgehead atoms. The van der Waals surface area contributed by atoms with Gasteiger partial charge < -0.3 is 9.47 Å². The van der Waals surface area contributed by atoms with Gasteiger partial charge in [-0.3, -0.25) is 0 Å². The number of methoxy groups -OCH3 is 2. The highest BCUT2D eigenvalue weighted by Gasteiger charge is 2.24. The summed E-state index contributed by atoms with van der Waals surface area (Å²) in [4.78, 5) is 0. The molecule has 2 heteroatoms. The van der Waals surface area contributed by atoms with E-state index in [1.165, 1.54) is 22.3 Å². The zero-order valence-electron chi connectivity index (χ0n) is 15.8. The quantitative estimate of drug-likeness (QED) is 0.631. The fourth-order valence-corrected chi connectivity index (χ4v) is 3.56. The summed E-state index contributed by atoms with van der Waals surface area (Å²) in [5, 5.41) is 0. The van der Waals surface area contributed by atoms with Crippen molar-refractivity contribution in [3.63, 3.8) is 0 Å². The van der Waals surface area contributed by atoms with Gasteiger partial charge in [-0.2, -0.15) is 0 Å². The first-order valence-corrected chi connectivity index (χ1v) is 8.84. The summed E-state index contributed by atoms with van der Waals surface area (Å²) < 4.78 is 11.1. The number of ether oxygens (including phenoxy) is 2. The van der Waals surface area contributed by atoms with E-state index in [9.17, 15) is 0 Å². The van der Waals surface area contributed by atoms with Gasteiger partial charge in [-0.05, 0) is 54.2 Å². The second-order valence-corrected chi connectivity index (χ2v) is 6.51. The predicted molar refractivity (Wildman–Crippen MR) is 101 cm³/mol. The molecule has 0 heterocycles. The van der Waals surface area contributed by atoms with E-state index in [0.717, 1.165) is 24.3 Å². The van der Waals surface area contributed by atoms with Crippen molar-refractivity contribution in [2.75, 3.05) is 14.2 Å². The molecule has 0 aliphatic rings. The number of hydrogen-bond donors (Lipinski definition) is 0. The molecule has 0 spiro atoms. The van der Waals surface area contributed by atoms with Crippen molar-refractivity contribution in [1.82, 2.24) is 0 Å². The van der Waals surface area contributed by atoms with Crippen molar-refractivity contribution in [2.45, 2.75) is 46.5 Å². The molecule has 2 aromatic carbocycles. The van der Waals surface area contributed by atoms with Gasteiger partial charge in [0, 0.05) is 5.92 Å². The van der Waals surface area contributed by atoms with Gasteiger partial charge in [-0.15, -0.1) is 0 Å². The zero-order chi connectivity index (χ0) is 17.7. The monoisotopic (exact) mass is 326 g/mol. The van der Waals surface area contributed by atoms with Gasteiger partial charge in [0.15, 0.2) is 0 Å². The molecule has 0 radical (unpaired) electrons. The van der Waals surface area contributed by atoms with E-state index < -0.39 is 0 Å². The standard InChI is InChI=1S/C22H30O2/c1-7-17(8-2)22(18-11-9-15(3)20(13-18)23-5)19-12-10-16(4)21(14-19)24-6/h9-14,17,22H,7-8H2,1-6H3. The van der Waals surface area contributed by atoms with Gasteiger partial charge in [-0.1, -0.05) is 51.0 Å². The van der Waals surface area contributed by atoms with Crippen LogP contribution in [-0.2, 0) is 0 Å². The van der Waals surface area contributed by atoms with Crippen LogP contribution in [0.5, 0.6) is 11.5 Å². The summed E-state index contributed by atoms with van der Waals surface area (Å²) in [5.74, 6) is 2.86. The Morgan fingerprint density at radius 3 is 1.50 bits per heavy atom. The van der Waals surface area contributed by atoms with Crippen molar-refractivity contribution in [1.29, 1.82) is 0 Å². The number of rotatable bonds is 7. The Labute approximate surface area is 146 Å². The van der Waals surface area contributed by atoms with Crippen LogP contribution in [0, 0.1) is 19.8 Å². The van der Waals surface area contributed by atoms with Gasteiger partial charge in [0.2, 0.25) is 0 Å². The first-order chi connectivity index (χ1) is 11.5. The maximum atomic E-state index is 5.56. The van der Waals surface area contributed by atoms with E-state index in [0.29, 0.717) is 11.8 Å². The fourth-order valence-electron chi connectivity index (χ4n) is 3.56. The molecule has 2 nitrogen and oxygen atoms in total. The number of benzene rings is 2. The average molecular weight is 326 g/mol. The molecule has 0 N–H and O–H groups in total. The van der Waals surface area contributed by atoms with Crippen molar-refractivity contribution in [2.24, 2.45) is 5.92 Å². The van der Waals surface area contributed by atoms with E-state index in [1.807, 2.05) is 0 Å². The topological polar surface area (TPSA) is 18.5 Å². The van der Waals surface area contributed by atoms with Crippen LogP contribution in [0.15, 0.2) is 36.4 Å². The minimum absolute atomic E-state index is 0.351. The van der Waals surface area contributed by atoms with Crippen LogP contribution in [0.1, 0.15) is 54.9 Å². The molecule has 130 valence electrons. The molecule has 0 fully saturated rings. The van der Waals surface area contributed by atoms with Crippen molar-refractivity contribution < 1.29 is 9.47 Å². The highest BCUT2D eigenvalue weighted by atomic mass is 16.5. The first-order valence-electron chi connectivity index (χ1n) is 8.84. The maximum absolute atomic E-state index is 5.56. The number of aryl methyl sites for hydroxylation is 2. The van der Waals surface area contributed by atoms with Gasteiger partial charge in [0.1, 0.15) is 11.5 Å². The average Bonchev–Trinajstić information content (AvgIpc) is 2.61. The summed E-state index contributed by atoms with van der Waals surface area (Å²) in [6.07, 6.45) is 2.29. The lowest BCUT2D eigenvalue weighted by atomic mass is 9.77. The molecule has 0 aliphatic carbocycles. The van der Waals surface area contributed by atoms with Crippen molar-refractivity contribution in [3.8, 4) is 11.5 Å². The van der Waals surface area contributed by atoms with E-state index in [4.69, 9.17) is 9.47 Å². The van der Waals surface area contributed by atoms with Crippen LogP contribution < -0.4 is 9.47 Å². The molecule has 0 saturated heterocycles. The summed E-state index contributed by atoms with van der Waals surface area (Å²) in [6.45, 7) is 8.73. The molecule has 0 saturated carbocycles. The van der Waals surface area contributed by atoms with Gasteiger partial charge in [0.05, 0.1) is 14.2 Å². The molecule has 2 aromatic rings. The maximum Gasteiger partial charge on any atom is 0.122 e. The lowest BCUT2D eigenvalue weighted by Crippen LogP contribution is -2.14. The zero-order valence-corrected chi connectivity index (χ0v) is 15.8. The second kappa shape index (κ2) is 8.23. The highest BCUT2D eigenvalue weighted by molar-refractivity contribution is 5.45. The third kappa shape index (κ3) is 3.75. The molecule has 2 rings (SSSR count). The summed E-state index contributed by atoms with van der Waals surface area (Å²) >= 11 is 0. The van der Waals surface area contributed by atoms with Crippen LogP contribution >= 0.6 is 0 Å². The Morgan fingerprint density at radius 2 is 1.17 bits per heavy atom. The SMILES string of the molecule is CCC(CC)C(c1ccc(C)c(OC)c1)c1ccc(C)c(OC)c1. The molecule has 24 heavy (non-hydrogen) atoms. The Morgan fingerprint density at radius 1 is 0.750 bits per heavy atom. The lowest BCUT2D eigenvalue weighted by Gasteiger charge is -2.27. The van der Waals surface area contributed by atoms with Gasteiger partial charge in [0.25, 0.3) is 0 Å². The van der Waals surface area contributed by atoms with Gasteiger partial charge in [-0.25, -0.2) is 0 Å². The Kier molecular flexibility index (Phi) is 6.30. The molecule has 0 aliphatic heterocycles. The van der Waals surface area contributed by atoms with Crippen LogP contribution in [0.2, 0.25) is 0 Å². The van der Waals surface area contributed by atoms with E-state index in [-0.39, 0.29) is 0 Å². The van der Waals surface area contributed by atoms with E-state index in [2.05, 4.69) is 64.1 Å². The third-order valence-corrected chi connectivity index (χ3v) is 5.10. The smallest absolute Gasteiger partial charge is 0.122 e.